The van der Waals surface area contributed by atoms with Gasteiger partial charge in [-0.3, -0.25) is 9.59 Å². The predicted octanol–water partition coefficient (Wildman–Crippen LogP) is 3.30. The minimum absolute atomic E-state index is 0.0333. The number of carbonyl (C=O) groups is 2. The molecule has 4 heteroatoms. The Labute approximate surface area is 147 Å². The van der Waals surface area contributed by atoms with Gasteiger partial charge in [0.25, 0.3) is 5.91 Å². The minimum atomic E-state index is 0.0333. The van der Waals surface area contributed by atoms with Crippen LogP contribution in [-0.2, 0) is 17.8 Å². The highest BCUT2D eigenvalue weighted by atomic mass is 16.2. The summed E-state index contributed by atoms with van der Waals surface area (Å²) in [5.41, 5.74) is 3.90. The lowest BCUT2D eigenvalue weighted by molar-refractivity contribution is -0.122. The maximum atomic E-state index is 13.0. The summed E-state index contributed by atoms with van der Waals surface area (Å²) >= 11 is 0. The number of fused-ring (bicyclic) bond motifs is 1. The van der Waals surface area contributed by atoms with Gasteiger partial charge in [-0.2, -0.15) is 0 Å². The van der Waals surface area contributed by atoms with E-state index in [0.717, 1.165) is 30.5 Å². The summed E-state index contributed by atoms with van der Waals surface area (Å²) in [6.07, 6.45) is 2.88. The smallest absolute Gasteiger partial charge is 0.258 e. The van der Waals surface area contributed by atoms with Crippen molar-refractivity contribution in [1.29, 1.82) is 0 Å². The number of benzene rings is 2. The monoisotopic (exact) mass is 334 g/mol. The van der Waals surface area contributed by atoms with Gasteiger partial charge in [0.2, 0.25) is 5.91 Å². The van der Waals surface area contributed by atoms with E-state index >= 15 is 0 Å². The van der Waals surface area contributed by atoms with Crippen LogP contribution in [0.4, 0.5) is 5.69 Å². The van der Waals surface area contributed by atoms with E-state index in [-0.39, 0.29) is 23.8 Å². The van der Waals surface area contributed by atoms with E-state index in [1.54, 1.807) is 0 Å². The second kappa shape index (κ2) is 6.36. The first-order valence-corrected chi connectivity index (χ1v) is 8.91. The summed E-state index contributed by atoms with van der Waals surface area (Å²) in [5.74, 6) is 0.391. The molecule has 1 N–H and O–H groups in total. The van der Waals surface area contributed by atoms with Gasteiger partial charge in [0.15, 0.2) is 0 Å². The molecule has 4 rings (SSSR count). The van der Waals surface area contributed by atoms with Crippen molar-refractivity contribution < 1.29 is 9.59 Å². The highest BCUT2D eigenvalue weighted by molar-refractivity contribution is 6.07. The van der Waals surface area contributed by atoms with Gasteiger partial charge in [-0.25, -0.2) is 0 Å². The molecule has 0 bridgehead atoms. The number of nitrogens with zero attached hydrogens (tertiary/aromatic N) is 1. The van der Waals surface area contributed by atoms with Crippen LogP contribution in [0.5, 0.6) is 0 Å². The number of nitrogens with one attached hydrogen (secondary N) is 1. The molecule has 1 saturated carbocycles. The highest BCUT2D eigenvalue weighted by Crippen LogP contribution is 2.34. The van der Waals surface area contributed by atoms with Crippen molar-refractivity contribution in [2.75, 3.05) is 4.90 Å². The molecule has 4 nitrogen and oxygen atoms in total. The SMILES string of the molecule is C[C@H]1Cc2ccc(CNC(=O)C3CC3)cc2N1C(=O)c1ccccc1. The number of hydrogen-bond donors (Lipinski definition) is 1. The molecule has 0 spiro atoms. The van der Waals surface area contributed by atoms with Crippen LogP contribution < -0.4 is 10.2 Å². The van der Waals surface area contributed by atoms with Gasteiger partial charge in [-0.15, -0.1) is 0 Å². The van der Waals surface area contributed by atoms with E-state index in [9.17, 15) is 9.59 Å². The zero-order chi connectivity index (χ0) is 17.4. The van der Waals surface area contributed by atoms with Crippen molar-refractivity contribution in [1.82, 2.24) is 5.32 Å². The fourth-order valence-corrected chi connectivity index (χ4v) is 3.47. The summed E-state index contributed by atoms with van der Waals surface area (Å²) in [5, 5.41) is 3.00. The van der Waals surface area contributed by atoms with E-state index in [1.165, 1.54) is 5.56 Å². The van der Waals surface area contributed by atoms with E-state index in [1.807, 2.05) is 41.3 Å². The standard InChI is InChI=1S/C21H22N2O2/c1-14-11-18-8-7-15(13-22-20(24)16-9-10-16)12-19(18)23(14)21(25)17-5-3-2-4-6-17/h2-8,12,14,16H,9-11,13H2,1H3,(H,22,24)/t14-/m0/s1. The molecule has 25 heavy (non-hydrogen) atoms. The maximum Gasteiger partial charge on any atom is 0.258 e. The highest BCUT2D eigenvalue weighted by Gasteiger charge is 2.32. The van der Waals surface area contributed by atoms with E-state index in [0.29, 0.717) is 12.1 Å². The van der Waals surface area contributed by atoms with Crippen molar-refractivity contribution in [2.45, 2.75) is 38.8 Å². The Hall–Kier alpha value is -2.62. The van der Waals surface area contributed by atoms with Crippen LogP contribution >= 0.6 is 0 Å². The van der Waals surface area contributed by atoms with E-state index in [2.05, 4.69) is 24.4 Å². The van der Waals surface area contributed by atoms with Crippen LogP contribution in [0.3, 0.4) is 0 Å². The molecular formula is C21H22N2O2. The Morgan fingerprint density at radius 3 is 2.60 bits per heavy atom. The molecule has 2 aromatic carbocycles. The lowest BCUT2D eigenvalue weighted by Crippen LogP contribution is -2.35. The molecule has 2 aromatic rings. The van der Waals surface area contributed by atoms with Gasteiger partial charge in [-0.1, -0.05) is 30.3 Å². The Kier molecular flexibility index (Phi) is 4.04. The van der Waals surface area contributed by atoms with Gasteiger partial charge >= 0.3 is 0 Å². The van der Waals surface area contributed by atoms with Crippen LogP contribution in [0.2, 0.25) is 0 Å². The summed E-state index contributed by atoms with van der Waals surface area (Å²) in [6.45, 7) is 2.60. The third-order valence-corrected chi connectivity index (χ3v) is 5.02. The van der Waals surface area contributed by atoms with E-state index < -0.39 is 0 Å². The Bertz CT molecular complexity index is 812. The Morgan fingerprint density at radius 2 is 1.88 bits per heavy atom. The van der Waals surface area contributed by atoms with E-state index in [4.69, 9.17) is 0 Å². The molecular weight excluding hydrogens is 312 g/mol. The molecule has 1 aliphatic heterocycles. The lowest BCUT2D eigenvalue weighted by atomic mass is 10.1. The third kappa shape index (κ3) is 3.16. The topological polar surface area (TPSA) is 49.4 Å². The van der Waals surface area contributed by atoms with Gasteiger partial charge in [-0.05, 0) is 55.5 Å². The van der Waals surface area contributed by atoms with Gasteiger partial charge in [0.1, 0.15) is 0 Å². The first-order chi connectivity index (χ1) is 12.1. The molecule has 1 fully saturated rings. The zero-order valence-electron chi connectivity index (χ0n) is 14.4. The number of amides is 2. The molecule has 0 saturated heterocycles. The average Bonchev–Trinajstić information content (AvgIpc) is 3.42. The number of rotatable bonds is 4. The van der Waals surface area contributed by atoms with Crippen molar-refractivity contribution >= 4 is 17.5 Å². The number of hydrogen-bond acceptors (Lipinski definition) is 2. The van der Waals surface area contributed by atoms with Crippen LogP contribution in [0, 0.1) is 5.92 Å². The molecule has 0 radical (unpaired) electrons. The Balaban J connectivity index is 1.56. The fraction of sp³-hybridized carbons (Fsp3) is 0.333. The molecule has 1 heterocycles. The third-order valence-electron chi connectivity index (χ3n) is 5.02. The first kappa shape index (κ1) is 15.9. The molecule has 128 valence electrons. The van der Waals surface area contributed by atoms with Crippen molar-refractivity contribution in [3.8, 4) is 0 Å². The second-order valence-electron chi connectivity index (χ2n) is 7.05. The maximum absolute atomic E-state index is 13.0. The first-order valence-electron chi connectivity index (χ1n) is 8.91. The fourth-order valence-electron chi connectivity index (χ4n) is 3.47. The summed E-state index contributed by atoms with van der Waals surface area (Å²) < 4.78 is 0. The summed E-state index contributed by atoms with van der Waals surface area (Å²) in [7, 11) is 0. The molecule has 2 aliphatic rings. The molecule has 1 atom stereocenters. The largest absolute Gasteiger partial charge is 0.352 e. The molecule has 0 aromatic heterocycles. The van der Waals surface area contributed by atoms with Gasteiger partial charge in [0.05, 0.1) is 0 Å². The number of carbonyl (C=O) groups excluding carboxylic acids is 2. The van der Waals surface area contributed by atoms with Crippen LogP contribution in [0.1, 0.15) is 41.3 Å². The number of anilines is 1. The molecule has 1 aliphatic carbocycles. The van der Waals surface area contributed by atoms with Crippen LogP contribution in [0.25, 0.3) is 0 Å². The normalized spacial score (nSPS) is 18.8. The molecule has 2 amide bonds. The average molecular weight is 334 g/mol. The van der Waals surface area contributed by atoms with Crippen molar-refractivity contribution in [2.24, 2.45) is 5.92 Å². The zero-order valence-corrected chi connectivity index (χ0v) is 14.4. The molecule has 0 unspecified atom stereocenters. The summed E-state index contributed by atoms with van der Waals surface area (Å²) in [6, 6.07) is 15.7. The van der Waals surface area contributed by atoms with Crippen molar-refractivity contribution in [3.63, 3.8) is 0 Å². The van der Waals surface area contributed by atoms with Gasteiger partial charge in [0, 0.05) is 29.8 Å². The Morgan fingerprint density at radius 1 is 1.12 bits per heavy atom. The van der Waals surface area contributed by atoms with Crippen molar-refractivity contribution in [3.05, 3.63) is 65.2 Å². The predicted molar refractivity (Wildman–Crippen MR) is 97.4 cm³/mol. The lowest BCUT2D eigenvalue weighted by Gasteiger charge is -2.23. The van der Waals surface area contributed by atoms with Gasteiger partial charge < -0.3 is 10.2 Å². The second-order valence-corrected chi connectivity index (χ2v) is 7.05. The summed E-state index contributed by atoms with van der Waals surface area (Å²) in [4.78, 5) is 26.7. The van der Waals surface area contributed by atoms with Crippen LogP contribution in [-0.4, -0.2) is 17.9 Å². The minimum Gasteiger partial charge on any atom is -0.352 e. The quantitative estimate of drug-likeness (QED) is 0.932. The van der Waals surface area contributed by atoms with Crippen LogP contribution in [0.15, 0.2) is 48.5 Å².